The summed E-state index contributed by atoms with van der Waals surface area (Å²) in [7, 11) is 0. The number of nitrogens with zero attached hydrogens (tertiary/aromatic N) is 2. The van der Waals surface area contributed by atoms with Crippen molar-refractivity contribution in [3.8, 4) is 0 Å². The molecule has 148 valence electrons. The molecule has 0 aliphatic carbocycles. The summed E-state index contributed by atoms with van der Waals surface area (Å²) < 4.78 is 18.7. The van der Waals surface area contributed by atoms with E-state index in [9.17, 15) is 14.7 Å². The summed E-state index contributed by atoms with van der Waals surface area (Å²) in [4.78, 5) is 28.7. The largest absolute Gasteiger partial charge is 0.394 e. The van der Waals surface area contributed by atoms with E-state index in [-0.39, 0.29) is 18.3 Å². The monoisotopic (exact) mass is 387 g/mol. The number of rotatable bonds is 4. The predicted octanol–water partition coefficient (Wildman–Crippen LogP) is 0.905. The van der Waals surface area contributed by atoms with E-state index in [4.69, 9.17) is 14.2 Å². The smallest absolute Gasteiger partial charge is 0.351 e. The van der Waals surface area contributed by atoms with Crippen LogP contribution in [0.25, 0.3) is 0 Å². The van der Waals surface area contributed by atoms with Gasteiger partial charge in [-0.2, -0.15) is 4.98 Å². The summed E-state index contributed by atoms with van der Waals surface area (Å²) in [5.74, 6) is -1.07. The first-order valence-electron chi connectivity index (χ1n) is 8.95. The van der Waals surface area contributed by atoms with Gasteiger partial charge in [-0.15, -0.1) is 0 Å². The lowest BCUT2D eigenvalue weighted by Crippen LogP contribution is -2.35. The minimum Gasteiger partial charge on any atom is -0.394 e. The van der Waals surface area contributed by atoms with Crippen LogP contribution in [0, 0.1) is 0 Å². The molecule has 0 radical (unpaired) electrons. The highest BCUT2D eigenvalue weighted by Gasteiger charge is 2.55. The van der Waals surface area contributed by atoms with Gasteiger partial charge in [0.2, 0.25) is 0 Å². The number of hydrogen-bond donors (Lipinski definition) is 2. The molecule has 4 atom stereocenters. The Balaban J connectivity index is 1.55. The fourth-order valence-corrected chi connectivity index (χ4v) is 3.48. The Hall–Kier alpha value is -2.59. The topological polar surface area (TPSA) is 112 Å². The molecule has 0 spiro atoms. The molecule has 9 heteroatoms. The van der Waals surface area contributed by atoms with Gasteiger partial charge in [0.15, 0.2) is 12.0 Å². The molecule has 0 unspecified atom stereocenters. The number of aliphatic hydroxyl groups excluding tert-OH is 1. The maximum atomic E-state index is 12.6. The predicted molar refractivity (Wildman–Crippen MR) is 97.7 cm³/mol. The zero-order chi connectivity index (χ0) is 19.9. The van der Waals surface area contributed by atoms with Crippen molar-refractivity contribution in [1.29, 1.82) is 0 Å². The maximum absolute atomic E-state index is 12.6. The number of amides is 1. The molecule has 1 aromatic heterocycles. The Kier molecular flexibility index (Phi) is 4.76. The first-order valence-corrected chi connectivity index (χ1v) is 8.95. The third-order valence-corrected chi connectivity index (χ3v) is 4.69. The number of benzene rings is 1. The quantitative estimate of drug-likeness (QED) is 0.802. The minimum atomic E-state index is -0.842. The van der Waals surface area contributed by atoms with Crippen LogP contribution in [0.4, 0.5) is 5.82 Å². The van der Waals surface area contributed by atoms with Gasteiger partial charge in [-0.05, 0) is 32.0 Å². The van der Waals surface area contributed by atoms with Crippen molar-refractivity contribution in [2.75, 3.05) is 11.9 Å². The average Bonchev–Trinajstić information content (AvgIpc) is 3.15. The Morgan fingerprint density at radius 2 is 1.93 bits per heavy atom. The summed E-state index contributed by atoms with van der Waals surface area (Å²) in [6.45, 7) is 3.27. The highest BCUT2D eigenvalue weighted by atomic mass is 16.8. The second-order valence-electron chi connectivity index (χ2n) is 7.14. The molecule has 2 N–H and O–H groups in total. The number of anilines is 1. The van der Waals surface area contributed by atoms with E-state index in [0.717, 1.165) is 0 Å². The molecule has 2 saturated heterocycles. The van der Waals surface area contributed by atoms with Crippen LogP contribution in [0.5, 0.6) is 0 Å². The van der Waals surface area contributed by atoms with Crippen molar-refractivity contribution >= 4 is 11.7 Å². The van der Waals surface area contributed by atoms with Gasteiger partial charge in [0.25, 0.3) is 5.91 Å². The number of nitrogens with one attached hydrogen (secondary N) is 1. The van der Waals surface area contributed by atoms with Crippen molar-refractivity contribution in [3.05, 3.63) is 58.6 Å². The van der Waals surface area contributed by atoms with Crippen LogP contribution in [0.1, 0.15) is 30.4 Å². The minimum absolute atomic E-state index is 0.132. The number of fused-ring (bicyclic) bond motifs is 1. The SMILES string of the molecule is CC1(C)O[C@@H]2[C@@H](O1)[C@@H](n1ccc(NC(=O)c3ccccc3)nc1=O)O[C@@H]2CO. The Morgan fingerprint density at radius 1 is 1.21 bits per heavy atom. The number of carbonyl (C=O) groups excluding carboxylic acids is 1. The van der Waals surface area contributed by atoms with Crippen molar-refractivity contribution in [2.45, 2.75) is 44.2 Å². The Bertz CT molecular complexity index is 929. The third kappa shape index (κ3) is 3.45. The Morgan fingerprint density at radius 3 is 2.61 bits per heavy atom. The van der Waals surface area contributed by atoms with Crippen LogP contribution in [-0.2, 0) is 14.2 Å². The molecule has 4 rings (SSSR count). The number of aromatic nitrogens is 2. The number of aliphatic hydroxyl groups is 1. The molecule has 1 amide bonds. The van der Waals surface area contributed by atoms with E-state index in [1.807, 2.05) is 0 Å². The Labute approximate surface area is 160 Å². The van der Waals surface area contributed by atoms with E-state index in [0.29, 0.717) is 5.56 Å². The molecule has 0 bridgehead atoms. The fraction of sp³-hybridized carbons (Fsp3) is 0.421. The van der Waals surface area contributed by atoms with Crippen molar-refractivity contribution in [1.82, 2.24) is 9.55 Å². The summed E-state index contributed by atoms with van der Waals surface area (Å²) in [6, 6.07) is 10.1. The molecule has 9 nitrogen and oxygen atoms in total. The number of ether oxygens (including phenoxy) is 3. The zero-order valence-corrected chi connectivity index (χ0v) is 15.4. The second-order valence-corrected chi connectivity index (χ2v) is 7.14. The van der Waals surface area contributed by atoms with Gasteiger partial charge < -0.3 is 24.6 Å². The van der Waals surface area contributed by atoms with Crippen LogP contribution >= 0.6 is 0 Å². The molecule has 2 aliphatic heterocycles. The molecular formula is C19H21N3O6. The van der Waals surface area contributed by atoms with E-state index in [2.05, 4.69) is 10.3 Å². The van der Waals surface area contributed by atoms with Gasteiger partial charge in [0.05, 0.1) is 6.61 Å². The van der Waals surface area contributed by atoms with Crippen LogP contribution in [0.2, 0.25) is 0 Å². The summed E-state index contributed by atoms with van der Waals surface area (Å²) in [6.07, 6.45) is -0.971. The van der Waals surface area contributed by atoms with Crippen molar-refractivity contribution < 1.29 is 24.1 Å². The second kappa shape index (κ2) is 7.10. The van der Waals surface area contributed by atoms with E-state index < -0.39 is 36.0 Å². The number of hydrogen-bond acceptors (Lipinski definition) is 7. The molecule has 2 fully saturated rings. The zero-order valence-electron chi connectivity index (χ0n) is 15.4. The normalized spacial score (nSPS) is 28.1. The average molecular weight is 387 g/mol. The third-order valence-electron chi connectivity index (χ3n) is 4.69. The highest BCUT2D eigenvalue weighted by Crippen LogP contribution is 2.42. The van der Waals surface area contributed by atoms with Crippen molar-refractivity contribution in [3.63, 3.8) is 0 Å². The van der Waals surface area contributed by atoms with Crippen LogP contribution in [0.3, 0.4) is 0 Å². The van der Waals surface area contributed by atoms with Gasteiger partial charge in [0, 0.05) is 11.8 Å². The van der Waals surface area contributed by atoms with Gasteiger partial charge in [0.1, 0.15) is 24.1 Å². The molecule has 3 heterocycles. The van der Waals surface area contributed by atoms with E-state index in [1.165, 1.54) is 16.8 Å². The first kappa shape index (κ1) is 18.8. The summed E-state index contributed by atoms with van der Waals surface area (Å²) in [5.41, 5.74) is -0.151. The summed E-state index contributed by atoms with van der Waals surface area (Å²) in [5, 5.41) is 12.2. The molecule has 2 aromatic rings. The molecule has 1 aromatic carbocycles. The van der Waals surface area contributed by atoms with E-state index >= 15 is 0 Å². The van der Waals surface area contributed by atoms with Gasteiger partial charge in [-0.25, -0.2) is 4.79 Å². The molecule has 28 heavy (non-hydrogen) atoms. The van der Waals surface area contributed by atoms with Crippen LogP contribution in [-0.4, -0.2) is 51.3 Å². The lowest BCUT2D eigenvalue weighted by atomic mass is 10.1. The van der Waals surface area contributed by atoms with Gasteiger partial charge in [-0.1, -0.05) is 18.2 Å². The highest BCUT2D eigenvalue weighted by molar-refractivity contribution is 6.03. The van der Waals surface area contributed by atoms with Gasteiger partial charge in [-0.3, -0.25) is 9.36 Å². The fourth-order valence-electron chi connectivity index (χ4n) is 3.48. The van der Waals surface area contributed by atoms with E-state index in [1.54, 1.807) is 44.2 Å². The van der Waals surface area contributed by atoms with Crippen LogP contribution < -0.4 is 11.0 Å². The maximum Gasteiger partial charge on any atom is 0.351 e. The van der Waals surface area contributed by atoms with Crippen molar-refractivity contribution in [2.24, 2.45) is 0 Å². The lowest BCUT2D eigenvalue weighted by molar-refractivity contribution is -0.200. The first-order chi connectivity index (χ1) is 13.4. The molecule has 0 saturated carbocycles. The molecular weight excluding hydrogens is 366 g/mol. The molecule has 2 aliphatic rings. The number of carbonyl (C=O) groups is 1. The van der Waals surface area contributed by atoms with Crippen LogP contribution in [0.15, 0.2) is 47.4 Å². The summed E-state index contributed by atoms with van der Waals surface area (Å²) >= 11 is 0. The van der Waals surface area contributed by atoms with Gasteiger partial charge >= 0.3 is 5.69 Å². The lowest BCUT2D eigenvalue weighted by Gasteiger charge is -2.24. The standard InChI is InChI=1S/C19H21N3O6/c1-19(2)27-14-12(10-23)26-17(15(14)28-19)22-9-8-13(21-18(22)25)20-16(24)11-6-4-3-5-7-11/h3-9,12,14-15,17,23H,10H2,1-2H3,(H,20,21,24,25)/t12-,14+,15-,17+/m1/s1.